The average molecular weight is 452 g/mol. The van der Waals surface area contributed by atoms with E-state index in [1.165, 1.54) is 0 Å². The first-order valence-electron chi connectivity index (χ1n) is 11.6. The fourth-order valence-electron chi connectivity index (χ4n) is 5.79. The Morgan fingerprint density at radius 3 is 2.61 bits per heavy atom. The highest BCUT2D eigenvalue weighted by atomic mass is 16.5. The van der Waals surface area contributed by atoms with E-state index in [0.29, 0.717) is 0 Å². The quantitative estimate of drug-likeness (QED) is 0.528. The minimum atomic E-state index is -0.250. The number of rotatable bonds is 4. The van der Waals surface area contributed by atoms with Crippen LogP contribution >= 0.6 is 0 Å². The maximum Gasteiger partial charge on any atom is 0.290 e. The molecule has 0 bridgehead atoms. The Kier molecular flexibility index (Phi) is 7.05. The summed E-state index contributed by atoms with van der Waals surface area (Å²) >= 11 is 0. The normalized spacial score (nSPS) is 22.8. The van der Waals surface area contributed by atoms with E-state index in [4.69, 9.17) is 19.1 Å². The molecule has 1 spiro atoms. The standard InChI is InChI=1S/C26H31NO3.CH2O2/c1-18-25(19-8-4-3-5-9-19)21-15-22(29-2)20(14-23(21)30-18)16-27-13-7-12-26(17-27)11-6-10-24(26)28;2-1-3/h3-5,8-9,14-15,24,28H,6-7,10-13,16-17H2,1-2H3;1H,(H,2,3)/t24-,26-;/m1./s1. The van der Waals surface area contributed by atoms with Crippen molar-refractivity contribution in [3.8, 4) is 16.9 Å². The summed E-state index contributed by atoms with van der Waals surface area (Å²) in [5.74, 6) is 1.84. The van der Waals surface area contributed by atoms with Crippen LogP contribution in [0.4, 0.5) is 0 Å². The molecule has 0 unspecified atom stereocenters. The summed E-state index contributed by atoms with van der Waals surface area (Å²) in [5, 5.41) is 18.6. The number of piperidine rings is 1. The van der Waals surface area contributed by atoms with Crippen LogP contribution in [0.25, 0.3) is 22.1 Å². The van der Waals surface area contributed by atoms with Gasteiger partial charge in [0.1, 0.15) is 17.1 Å². The van der Waals surface area contributed by atoms with Gasteiger partial charge in [-0.3, -0.25) is 9.69 Å². The maximum absolute atomic E-state index is 10.6. The number of benzene rings is 2. The lowest BCUT2D eigenvalue weighted by atomic mass is 9.76. The second kappa shape index (κ2) is 9.98. The van der Waals surface area contributed by atoms with Gasteiger partial charge in [-0.1, -0.05) is 36.8 Å². The van der Waals surface area contributed by atoms with Gasteiger partial charge in [-0.25, -0.2) is 0 Å². The molecule has 6 heteroatoms. The van der Waals surface area contributed by atoms with Crippen molar-refractivity contribution >= 4 is 17.4 Å². The van der Waals surface area contributed by atoms with Crippen molar-refractivity contribution in [3.05, 3.63) is 53.8 Å². The zero-order chi connectivity index (χ0) is 23.4. The van der Waals surface area contributed by atoms with Crippen molar-refractivity contribution < 1.29 is 24.2 Å². The highest BCUT2D eigenvalue weighted by Gasteiger charge is 2.44. The van der Waals surface area contributed by atoms with E-state index in [1.807, 2.05) is 13.0 Å². The third-order valence-corrected chi connectivity index (χ3v) is 7.27. The van der Waals surface area contributed by atoms with Crippen molar-refractivity contribution in [2.24, 2.45) is 5.41 Å². The van der Waals surface area contributed by atoms with Gasteiger partial charge >= 0.3 is 0 Å². The molecule has 1 aromatic heterocycles. The number of methoxy groups -OCH3 is 1. The van der Waals surface area contributed by atoms with E-state index < -0.39 is 0 Å². The van der Waals surface area contributed by atoms with Gasteiger partial charge < -0.3 is 19.4 Å². The molecule has 6 nitrogen and oxygen atoms in total. The number of hydrogen-bond acceptors (Lipinski definition) is 5. The molecular weight excluding hydrogens is 418 g/mol. The highest BCUT2D eigenvalue weighted by molar-refractivity contribution is 5.97. The number of ether oxygens (including phenoxy) is 1. The molecule has 0 amide bonds. The number of furan rings is 1. The Bertz CT molecular complexity index is 1090. The second-order valence-corrected chi connectivity index (χ2v) is 9.25. The number of aliphatic hydroxyl groups is 1. The molecule has 2 heterocycles. The van der Waals surface area contributed by atoms with Gasteiger partial charge in [0.2, 0.25) is 0 Å². The zero-order valence-electron chi connectivity index (χ0n) is 19.4. The van der Waals surface area contributed by atoms with Gasteiger partial charge in [0.05, 0.1) is 13.2 Å². The van der Waals surface area contributed by atoms with E-state index in [0.717, 1.165) is 90.9 Å². The molecule has 1 aliphatic heterocycles. The number of aryl methyl sites for hydroxylation is 1. The maximum atomic E-state index is 10.6. The third-order valence-electron chi connectivity index (χ3n) is 7.27. The van der Waals surface area contributed by atoms with Crippen LogP contribution in [0.1, 0.15) is 43.4 Å². The molecule has 1 aliphatic carbocycles. The first-order valence-corrected chi connectivity index (χ1v) is 11.6. The molecular formula is C27H33NO5. The van der Waals surface area contributed by atoms with E-state index in [9.17, 15) is 5.11 Å². The number of fused-ring (bicyclic) bond motifs is 1. The molecule has 2 fully saturated rings. The largest absolute Gasteiger partial charge is 0.496 e. The molecule has 5 rings (SSSR count). The molecule has 0 radical (unpaired) electrons. The van der Waals surface area contributed by atoms with Crippen LogP contribution in [0, 0.1) is 12.3 Å². The molecule has 3 aromatic rings. The molecule has 2 atom stereocenters. The Balaban J connectivity index is 0.000000821. The molecule has 1 saturated heterocycles. The van der Waals surface area contributed by atoms with E-state index in [2.05, 4.69) is 41.3 Å². The number of hydrogen-bond donors (Lipinski definition) is 2. The summed E-state index contributed by atoms with van der Waals surface area (Å²) in [6.07, 6.45) is 5.41. The first-order chi connectivity index (χ1) is 16.0. The third kappa shape index (κ3) is 4.63. The number of likely N-dealkylation sites (tertiary alicyclic amines) is 1. The van der Waals surface area contributed by atoms with Crippen LogP contribution in [0.15, 0.2) is 46.9 Å². The lowest BCUT2D eigenvalue weighted by Gasteiger charge is -2.42. The molecule has 2 aliphatic rings. The number of carboxylic acid groups (broad SMARTS) is 1. The summed E-state index contributed by atoms with van der Waals surface area (Å²) in [6.45, 7) is 4.66. The van der Waals surface area contributed by atoms with Crippen molar-refractivity contribution in [2.75, 3.05) is 20.2 Å². The highest BCUT2D eigenvalue weighted by Crippen LogP contribution is 2.46. The summed E-state index contributed by atoms with van der Waals surface area (Å²) in [4.78, 5) is 10.9. The summed E-state index contributed by atoms with van der Waals surface area (Å²) in [5.41, 5.74) is 4.47. The Morgan fingerprint density at radius 1 is 1.21 bits per heavy atom. The SMILES string of the molecule is COc1cc2c(-c3ccccc3)c(C)oc2cc1CN1CCC[C@]2(CCC[C@H]2O)C1.O=CO. The fraction of sp³-hybridized carbons (Fsp3) is 0.444. The topological polar surface area (TPSA) is 83.1 Å². The van der Waals surface area contributed by atoms with Crippen LogP contribution in [0.2, 0.25) is 0 Å². The van der Waals surface area contributed by atoms with E-state index in [1.54, 1.807) is 7.11 Å². The molecule has 176 valence electrons. The van der Waals surface area contributed by atoms with Crippen molar-refractivity contribution in [3.63, 3.8) is 0 Å². The lowest BCUT2D eigenvalue weighted by molar-refractivity contribution is -0.122. The van der Waals surface area contributed by atoms with Gasteiger partial charge in [-0.05, 0) is 56.8 Å². The van der Waals surface area contributed by atoms with E-state index >= 15 is 0 Å². The molecule has 1 saturated carbocycles. The molecule has 2 N–H and O–H groups in total. The van der Waals surface area contributed by atoms with E-state index in [-0.39, 0.29) is 18.0 Å². The van der Waals surface area contributed by atoms with Gasteiger partial charge in [0.25, 0.3) is 6.47 Å². The minimum absolute atomic E-state index is 0.0946. The Labute approximate surface area is 194 Å². The van der Waals surface area contributed by atoms with Crippen molar-refractivity contribution in [2.45, 2.75) is 51.7 Å². The number of aliphatic hydroxyl groups excluding tert-OH is 1. The van der Waals surface area contributed by atoms with Crippen molar-refractivity contribution in [1.82, 2.24) is 4.90 Å². The van der Waals surface area contributed by atoms with Gasteiger partial charge in [-0.15, -0.1) is 0 Å². The van der Waals surface area contributed by atoms with Gasteiger partial charge in [0, 0.05) is 35.0 Å². The average Bonchev–Trinajstić information content (AvgIpc) is 3.32. The monoisotopic (exact) mass is 451 g/mol. The summed E-state index contributed by atoms with van der Waals surface area (Å²) in [7, 11) is 1.75. The summed E-state index contributed by atoms with van der Waals surface area (Å²) < 4.78 is 12.0. The zero-order valence-corrected chi connectivity index (χ0v) is 19.4. The van der Waals surface area contributed by atoms with Crippen LogP contribution in [0.3, 0.4) is 0 Å². The Morgan fingerprint density at radius 2 is 1.94 bits per heavy atom. The second-order valence-electron chi connectivity index (χ2n) is 9.25. The van der Waals surface area contributed by atoms with Crippen LogP contribution in [0.5, 0.6) is 5.75 Å². The van der Waals surface area contributed by atoms with Crippen molar-refractivity contribution in [1.29, 1.82) is 0 Å². The summed E-state index contributed by atoms with van der Waals surface area (Å²) in [6, 6.07) is 14.7. The van der Waals surface area contributed by atoms with Gasteiger partial charge in [0.15, 0.2) is 0 Å². The first kappa shape index (κ1) is 23.3. The number of carbonyl (C=O) groups is 1. The Hall–Kier alpha value is -2.83. The smallest absolute Gasteiger partial charge is 0.290 e. The number of nitrogens with zero attached hydrogens (tertiary/aromatic N) is 1. The lowest BCUT2D eigenvalue weighted by Crippen LogP contribution is -2.46. The fourth-order valence-corrected chi connectivity index (χ4v) is 5.79. The predicted molar refractivity (Wildman–Crippen MR) is 128 cm³/mol. The van der Waals surface area contributed by atoms with Gasteiger partial charge in [-0.2, -0.15) is 0 Å². The minimum Gasteiger partial charge on any atom is -0.496 e. The van der Waals surface area contributed by atoms with Crippen LogP contribution in [-0.2, 0) is 11.3 Å². The van der Waals surface area contributed by atoms with Crippen LogP contribution < -0.4 is 4.74 Å². The van der Waals surface area contributed by atoms with Crippen LogP contribution in [-0.4, -0.2) is 47.9 Å². The molecule has 2 aromatic carbocycles. The molecule has 33 heavy (non-hydrogen) atoms. The predicted octanol–water partition coefficient (Wildman–Crippen LogP) is 5.24.